The Morgan fingerprint density at radius 1 is 1.35 bits per heavy atom. The maximum Gasteiger partial charge on any atom is 0.191 e. The van der Waals surface area contributed by atoms with E-state index in [1.165, 1.54) is 11.1 Å². The monoisotopic (exact) mass is 277 g/mol. The highest BCUT2D eigenvalue weighted by Crippen LogP contribution is 2.20. The predicted molar refractivity (Wildman–Crippen MR) is 85.7 cm³/mol. The van der Waals surface area contributed by atoms with Crippen LogP contribution in [0.15, 0.2) is 23.2 Å². The van der Waals surface area contributed by atoms with Crippen LogP contribution in [0.3, 0.4) is 0 Å². The highest BCUT2D eigenvalue weighted by molar-refractivity contribution is 5.79. The number of rotatable bonds is 6. The Labute approximate surface area is 122 Å². The van der Waals surface area contributed by atoms with Gasteiger partial charge in [0, 0.05) is 19.1 Å². The molecule has 112 valence electrons. The standard InChI is InChI=1S/C16H27N3O/c1-6-17-16(19-12(2)3)18-10-9-14-11-13(4)7-8-15(14)20-5/h7-8,11-12H,6,9-10H2,1-5H3,(H2,17,18,19). The van der Waals surface area contributed by atoms with E-state index in [1.54, 1.807) is 7.11 Å². The minimum absolute atomic E-state index is 0.376. The maximum absolute atomic E-state index is 5.39. The summed E-state index contributed by atoms with van der Waals surface area (Å²) in [6, 6.07) is 6.63. The van der Waals surface area contributed by atoms with Crippen LogP contribution in [0.1, 0.15) is 31.9 Å². The van der Waals surface area contributed by atoms with Crippen LogP contribution >= 0.6 is 0 Å². The van der Waals surface area contributed by atoms with Crippen molar-refractivity contribution in [3.05, 3.63) is 29.3 Å². The van der Waals surface area contributed by atoms with Gasteiger partial charge in [0.05, 0.1) is 7.11 Å². The third kappa shape index (κ3) is 5.51. The minimum Gasteiger partial charge on any atom is -0.496 e. The van der Waals surface area contributed by atoms with Crippen molar-refractivity contribution in [2.45, 2.75) is 40.2 Å². The summed E-state index contributed by atoms with van der Waals surface area (Å²) in [5.41, 5.74) is 2.45. The lowest BCUT2D eigenvalue weighted by molar-refractivity contribution is 0.409. The van der Waals surface area contributed by atoms with Gasteiger partial charge >= 0.3 is 0 Å². The molecule has 1 aromatic rings. The molecule has 1 aromatic carbocycles. The number of methoxy groups -OCH3 is 1. The molecule has 0 atom stereocenters. The second-order valence-electron chi connectivity index (χ2n) is 5.12. The molecule has 0 bridgehead atoms. The van der Waals surface area contributed by atoms with Crippen molar-refractivity contribution in [2.75, 3.05) is 20.2 Å². The molecule has 0 aliphatic rings. The first-order chi connectivity index (χ1) is 9.56. The molecule has 0 aliphatic heterocycles. The van der Waals surface area contributed by atoms with Gasteiger partial charge in [-0.1, -0.05) is 17.7 Å². The van der Waals surface area contributed by atoms with Crippen LogP contribution < -0.4 is 15.4 Å². The predicted octanol–water partition coefficient (Wildman–Crippen LogP) is 2.51. The van der Waals surface area contributed by atoms with Gasteiger partial charge in [0.2, 0.25) is 0 Å². The number of aliphatic imine (C=N–C) groups is 1. The SMILES string of the molecule is CCNC(=NCCc1cc(C)ccc1OC)NC(C)C. The lowest BCUT2D eigenvalue weighted by Crippen LogP contribution is -2.41. The molecule has 0 saturated heterocycles. The fourth-order valence-electron chi connectivity index (χ4n) is 1.98. The lowest BCUT2D eigenvalue weighted by Gasteiger charge is -2.14. The molecule has 0 radical (unpaired) electrons. The first kappa shape index (κ1) is 16.3. The number of ether oxygens (including phenoxy) is 1. The zero-order valence-corrected chi connectivity index (χ0v) is 13.3. The van der Waals surface area contributed by atoms with Crippen LogP contribution in [-0.2, 0) is 6.42 Å². The summed E-state index contributed by atoms with van der Waals surface area (Å²) in [7, 11) is 1.71. The Kier molecular flexibility index (Phi) is 6.91. The Morgan fingerprint density at radius 2 is 2.10 bits per heavy atom. The van der Waals surface area contributed by atoms with E-state index in [0.717, 1.165) is 31.2 Å². The van der Waals surface area contributed by atoms with Crippen molar-refractivity contribution in [1.29, 1.82) is 0 Å². The van der Waals surface area contributed by atoms with Crippen LogP contribution in [0.4, 0.5) is 0 Å². The van der Waals surface area contributed by atoms with Crippen LogP contribution in [0.2, 0.25) is 0 Å². The fourth-order valence-corrected chi connectivity index (χ4v) is 1.98. The van der Waals surface area contributed by atoms with Crippen LogP contribution in [-0.4, -0.2) is 32.2 Å². The summed E-state index contributed by atoms with van der Waals surface area (Å²) in [6.45, 7) is 9.98. The molecular weight excluding hydrogens is 250 g/mol. The molecule has 0 heterocycles. The number of hydrogen-bond acceptors (Lipinski definition) is 2. The number of nitrogens with zero attached hydrogens (tertiary/aromatic N) is 1. The average molecular weight is 277 g/mol. The van der Waals surface area contributed by atoms with E-state index in [1.807, 2.05) is 6.07 Å². The zero-order valence-electron chi connectivity index (χ0n) is 13.3. The number of guanidine groups is 1. The van der Waals surface area contributed by atoms with Gasteiger partial charge in [-0.2, -0.15) is 0 Å². The normalized spacial score (nSPS) is 11.6. The van der Waals surface area contributed by atoms with Crippen molar-refractivity contribution < 1.29 is 4.74 Å². The maximum atomic E-state index is 5.39. The smallest absolute Gasteiger partial charge is 0.191 e. The molecule has 0 fully saturated rings. The number of aryl methyl sites for hydroxylation is 1. The second kappa shape index (κ2) is 8.46. The van der Waals surface area contributed by atoms with Gasteiger partial charge in [-0.25, -0.2) is 0 Å². The van der Waals surface area contributed by atoms with Gasteiger partial charge in [-0.3, -0.25) is 4.99 Å². The van der Waals surface area contributed by atoms with Crippen molar-refractivity contribution in [3.8, 4) is 5.75 Å². The van der Waals surface area contributed by atoms with Crippen molar-refractivity contribution in [2.24, 2.45) is 4.99 Å². The highest BCUT2D eigenvalue weighted by Gasteiger charge is 2.04. The molecule has 2 N–H and O–H groups in total. The minimum atomic E-state index is 0.376. The Balaban J connectivity index is 2.67. The van der Waals surface area contributed by atoms with E-state index in [-0.39, 0.29) is 0 Å². The Hall–Kier alpha value is -1.71. The molecule has 20 heavy (non-hydrogen) atoms. The lowest BCUT2D eigenvalue weighted by atomic mass is 10.1. The highest BCUT2D eigenvalue weighted by atomic mass is 16.5. The largest absolute Gasteiger partial charge is 0.496 e. The fraction of sp³-hybridized carbons (Fsp3) is 0.562. The van der Waals surface area contributed by atoms with Crippen LogP contribution in [0.5, 0.6) is 5.75 Å². The Morgan fingerprint density at radius 3 is 2.70 bits per heavy atom. The average Bonchev–Trinajstić information content (AvgIpc) is 2.38. The van der Waals surface area contributed by atoms with Crippen LogP contribution in [0, 0.1) is 6.92 Å². The molecule has 0 aliphatic carbocycles. The molecule has 4 nitrogen and oxygen atoms in total. The van der Waals surface area contributed by atoms with E-state index in [0.29, 0.717) is 6.04 Å². The summed E-state index contributed by atoms with van der Waals surface area (Å²) in [6.07, 6.45) is 0.875. The van der Waals surface area contributed by atoms with E-state index in [9.17, 15) is 0 Å². The van der Waals surface area contributed by atoms with E-state index in [4.69, 9.17) is 4.74 Å². The third-order valence-electron chi connectivity index (χ3n) is 2.86. The third-order valence-corrected chi connectivity index (χ3v) is 2.86. The topological polar surface area (TPSA) is 45.7 Å². The molecule has 0 unspecified atom stereocenters. The Bertz CT molecular complexity index is 441. The summed E-state index contributed by atoms with van der Waals surface area (Å²) >= 11 is 0. The van der Waals surface area contributed by atoms with Gasteiger partial charge in [0.25, 0.3) is 0 Å². The van der Waals surface area contributed by atoms with Gasteiger partial charge in [-0.15, -0.1) is 0 Å². The van der Waals surface area contributed by atoms with Gasteiger partial charge in [0.15, 0.2) is 5.96 Å². The van der Waals surface area contributed by atoms with Crippen molar-refractivity contribution in [3.63, 3.8) is 0 Å². The van der Waals surface area contributed by atoms with Gasteiger partial charge in [-0.05, 0) is 45.7 Å². The second-order valence-corrected chi connectivity index (χ2v) is 5.12. The molecule has 1 rings (SSSR count). The summed E-state index contributed by atoms with van der Waals surface area (Å²) in [5, 5.41) is 6.56. The molecule has 4 heteroatoms. The van der Waals surface area contributed by atoms with Crippen LogP contribution in [0.25, 0.3) is 0 Å². The molecule has 0 aromatic heterocycles. The number of hydrogen-bond donors (Lipinski definition) is 2. The number of nitrogens with one attached hydrogen (secondary N) is 2. The van der Waals surface area contributed by atoms with E-state index in [2.05, 4.69) is 55.5 Å². The van der Waals surface area contributed by atoms with E-state index >= 15 is 0 Å². The zero-order chi connectivity index (χ0) is 15.0. The van der Waals surface area contributed by atoms with Crippen molar-refractivity contribution in [1.82, 2.24) is 10.6 Å². The molecular formula is C16H27N3O. The first-order valence-electron chi connectivity index (χ1n) is 7.25. The van der Waals surface area contributed by atoms with Gasteiger partial charge in [0.1, 0.15) is 5.75 Å². The van der Waals surface area contributed by atoms with Crippen molar-refractivity contribution >= 4 is 5.96 Å². The summed E-state index contributed by atoms with van der Waals surface area (Å²) < 4.78 is 5.39. The quantitative estimate of drug-likeness (QED) is 0.620. The molecule has 0 spiro atoms. The number of benzene rings is 1. The first-order valence-corrected chi connectivity index (χ1v) is 7.25. The molecule has 0 saturated carbocycles. The van der Waals surface area contributed by atoms with Gasteiger partial charge < -0.3 is 15.4 Å². The summed E-state index contributed by atoms with van der Waals surface area (Å²) in [5.74, 6) is 1.81. The summed E-state index contributed by atoms with van der Waals surface area (Å²) in [4.78, 5) is 4.59. The van der Waals surface area contributed by atoms with E-state index < -0.39 is 0 Å². The molecule has 0 amide bonds.